The van der Waals surface area contributed by atoms with Crippen molar-refractivity contribution in [2.75, 3.05) is 18.1 Å². The quantitative estimate of drug-likeness (QED) is 0.688. The highest BCUT2D eigenvalue weighted by Crippen LogP contribution is 2.38. The summed E-state index contributed by atoms with van der Waals surface area (Å²) in [6.07, 6.45) is 4.43. The van der Waals surface area contributed by atoms with E-state index in [1.165, 1.54) is 12.1 Å². The predicted octanol–water partition coefficient (Wildman–Crippen LogP) is 2.14. The van der Waals surface area contributed by atoms with E-state index in [1.54, 1.807) is 6.07 Å². The topological polar surface area (TPSA) is 126 Å². The number of urea groups is 1. The molecule has 0 radical (unpaired) electrons. The highest BCUT2D eigenvalue weighted by Gasteiger charge is 2.55. The summed E-state index contributed by atoms with van der Waals surface area (Å²) < 4.78 is 24.0. The first-order valence-corrected chi connectivity index (χ1v) is 12.4. The Labute approximate surface area is 177 Å². The fourth-order valence-electron chi connectivity index (χ4n) is 4.13. The van der Waals surface area contributed by atoms with Crippen LogP contribution in [0.1, 0.15) is 32.6 Å². The van der Waals surface area contributed by atoms with Crippen molar-refractivity contribution in [2.45, 2.75) is 43.0 Å². The first kappa shape index (κ1) is 20.7. The Kier molecular flexibility index (Phi) is 5.05. The molecule has 2 aliphatic rings. The molecule has 2 heterocycles. The molecule has 4 rings (SSSR count). The van der Waals surface area contributed by atoms with Crippen LogP contribution in [0.2, 0.25) is 0 Å². The van der Waals surface area contributed by atoms with E-state index in [-0.39, 0.29) is 21.9 Å². The summed E-state index contributed by atoms with van der Waals surface area (Å²) in [4.78, 5) is 43.3. The summed E-state index contributed by atoms with van der Waals surface area (Å²) in [5.74, 6) is -0.873. The first-order valence-electron chi connectivity index (χ1n) is 9.65. The normalized spacial score (nSPS) is 24.5. The number of nitrogens with one attached hydrogen (secondary N) is 2. The van der Waals surface area contributed by atoms with E-state index >= 15 is 0 Å². The van der Waals surface area contributed by atoms with Gasteiger partial charge in [-0.25, -0.2) is 18.2 Å². The molecule has 2 unspecified atom stereocenters. The number of aromatic nitrogens is 1. The number of carbonyl (C=O) groups is 3. The molecule has 2 fully saturated rings. The number of hydrogen-bond donors (Lipinski definition) is 2. The number of anilines is 1. The second kappa shape index (κ2) is 7.31. The molecule has 11 heteroatoms. The molecule has 1 aliphatic heterocycles. The van der Waals surface area contributed by atoms with Gasteiger partial charge in [0, 0.05) is 6.26 Å². The Morgan fingerprint density at radius 2 is 2.13 bits per heavy atom. The molecule has 160 valence electrons. The van der Waals surface area contributed by atoms with Crippen LogP contribution in [0.25, 0.3) is 10.2 Å². The summed E-state index contributed by atoms with van der Waals surface area (Å²) in [5.41, 5.74) is -0.360. The summed E-state index contributed by atoms with van der Waals surface area (Å²) in [6.45, 7) is 1.55. The molecule has 0 bridgehead atoms. The third kappa shape index (κ3) is 3.56. The molecule has 1 aliphatic carbocycles. The van der Waals surface area contributed by atoms with E-state index in [0.29, 0.717) is 16.6 Å². The van der Waals surface area contributed by atoms with Gasteiger partial charge in [-0.15, -0.1) is 0 Å². The number of imide groups is 1. The maximum Gasteiger partial charge on any atom is 0.325 e. The Balaban J connectivity index is 1.48. The Morgan fingerprint density at radius 3 is 2.83 bits per heavy atom. The molecule has 2 N–H and O–H groups in total. The second-order valence-electron chi connectivity index (χ2n) is 7.91. The van der Waals surface area contributed by atoms with Crippen LogP contribution in [-0.4, -0.2) is 54.5 Å². The van der Waals surface area contributed by atoms with Crippen molar-refractivity contribution in [3.63, 3.8) is 0 Å². The molecule has 9 nitrogen and oxygen atoms in total. The van der Waals surface area contributed by atoms with Gasteiger partial charge in [-0.2, -0.15) is 0 Å². The summed E-state index contributed by atoms with van der Waals surface area (Å²) in [6, 6.07) is 3.99. The molecule has 1 aromatic heterocycles. The van der Waals surface area contributed by atoms with Crippen molar-refractivity contribution < 1.29 is 22.8 Å². The third-order valence-corrected chi connectivity index (χ3v) is 7.88. The summed E-state index contributed by atoms with van der Waals surface area (Å²) in [7, 11) is -3.35. The molecule has 1 saturated carbocycles. The number of carbonyl (C=O) groups excluding carboxylic acids is 3. The van der Waals surface area contributed by atoms with E-state index < -0.39 is 33.9 Å². The number of fused-ring (bicyclic) bond motifs is 1. The SMILES string of the molecule is CC1CCCCC12NC(=O)N(CC(=O)Nc1nc3ccc(S(C)(=O)=O)cc3s1)C2=O. The minimum Gasteiger partial charge on any atom is -0.323 e. The summed E-state index contributed by atoms with van der Waals surface area (Å²) >= 11 is 1.13. The van der Waals surface area contributed by atoms with Crippen molar-refractivity contribution in [3.05, 3.63) is 18.2 Å². The van der Waals surface area contributed by atoms with Crippen LogP contribution in [0.4, 0.5) is 9.93 Å². The molecular formula is C19H22N4O5S2. The number of benzene rings is 1. The minimum absolute atomic E-state index is 0.0177. The standard InChI is InChI=1S/C19H22N4O5S2/c1-11-5-3-4-8-19(11)16(25)23(18(26)22-19)10-15(24)21-17-20-13-7-6-12(30(2,27)28)9-14(13)29-17/h6-7,9,11H,3-5,8,10H2,1-2H3,(H,22,26)(H,20,21,24). The van der Waals surface area contributed by atoms with E-state index in [0.717, 1.165) is 41.8 Å². The fraction of sp³-hybridized carbons (Fsp3) is 0.474. The highest BCUT2D eigenvalue weighted by molar-refractivity contribution is 7.90. The van der Waals surface area contributed by atoms with Gasteiger partial charge >= 0.3 is 6.03 Å². The number of nitrogens with zero attached hydrogens (tertiary/aromatic N) is 2. The number of hydrogen-bond acceptors (Lipinski definition) is 7. The zero-order valence-corrected chi connectivity index (χ0v) is 18.2. The Hall–Kier alpha value is -2.53. The minimum atomic E-state index is -3.35. The summed E-state index contributed by atoms with van der Waals surface area (Å²) in [5, 5.41) is 5.69. The smallest absolute Gasteiger partial charge is 0.323 e. The highest BCUT2D eigenvalue weighted by atomic mass is 32.2. The van der Waals surface area contributed by atoms with Gasteiger partial charge in [0.2, 0.25) is 5.91 Å². The van der Waals surface area contributed by atoms with E-state index in [9.17, 15) is 22.8 Å². The number of thiazole rings is 1. The van der Waals surface area contributed by atoms with Crippen LogP contribution in [-0.2, 0) is 19.4 Å². The van der Waals surface area contributed by atoms with Crippen LogP contribution in [0.5, 0.6) is 0 Å². The van der Waals surface area contributed by atoms with Gasteiger partial charge in [-0.3, -0.25) is 14.5 Å². The van der Waals surface area contributed by atoms with Gasteiger partial charge in [0.25, 0.3) is 5.91 Å². The molecule has 30 heavy (non-hydrogen) atoms. The number of sulfone groups is 1. The van der Waals surface area contributed by atoms with Crippen molar-refractivity contribution in [2.24, 2.45) is 5.92 Å². The molecular weight excluding hydrogens is 428 g/mol. The largest absolute Gasteiger partial charge is 0.325 e. The van der Waals surface area contributed by atoms with Crippen LogP contribution in [0, 0.1) is 5.92 Å². The molecule has 1 aromatic carbocycles. The van der Waals surface area contributed by atoms with Crippen LogP contribution >= 0.6 is 11.3 Å². The average molecular weight is 451 g/mol. The van der Waals surface area contributed by atoms with E-state index in [2.05, 4.69) is 15.6 Å². The maximum atomic E-state index is 13.0. The number of rotatable bonds is 4. The van der Waals surface area contributed by atoms with Gasteiger partial charge in [-0.05, 0) is 37.0 Å². The molecule has 1 saturated heterocycles. The predicted molar refractivity (Wildman–Crippen MR) is 112 cm³/mol. The van der Waals surface area contributed by atoms with Crippen LogP contribution < -0.4 is 10.6 Å². The van der Waals surface area contributed by atoms with Gasteiger partial charge < -0.3 is 10.6 Å². The molecule has 1 spiro atoms. The first-order chi connectivity index (χ1) is 14.1. The zero-order valence-electron chi connectivity index (χ0n) is 16.6. The van der Waals surface area contributed by atoms with Gasteiger partial charge in [0.05, 0.1) is 15.1 Å². The third-order valence-electron chi connectivity index (χ3n) is 5.84. The van der Waals surface area contributed by atoms with E-state index in [4.69, 9.17) is 0 Å². The van der Waals surface area contributed by atoms with Crippen molar-refractivity contribution in [3.8, 4) is 0 Å². The van der Waals surface area contributed by atoms with Crippen molar-refractivity contribution in [1.82, 2.24) is 15.2 Å². The lowest BCUT2D eigenvalue weighted by Crippen LogP contribution is -2.54. The molecule has 4 amide bonds. The maximum absolute atomic E-state index is 13.0. The molecule has 2 aromatic rings. The molecule has 2 atom stereocenters. The number of amides is 4. The average Bonchev–Trinajstić information content (AvgIpc) is 3.17. The van der Waals surface area contributed by atoms with Gasteiger partial charge in [0.15, 0.2) is 15.0 Å². The van der Waals surface area contributed by atoms with Crippen molar-refractivity contribution in [1.29, 1.82) is 0 Å². The lowest BCUT2D eigenvalue weighted by molar-refractivity contribution is -0.136. The Bertz CT molecular complexity index is 1160. The van der Waals surface area contributed by atoms with Crippen LogP contribution in [0.15, 0.2) is 23.1 Å². The van der Waals surface area contributed by atoms with Gasteiger partial charge in [0.1, 0.15) is 12.1 Å². The Morgan fingerprint density at radius 1 is 1.37 bits per heavy atom. The van der Waals surface area contributed by atoms with Crippen LogP contribution in [0.3, 0.4) is 0 Å². The fourth-order valence-corrected chi connectivity index (χ4v) is 5.77. The zero-order chi connectivity index (χ0) is 21.7. The second-order valence-corrected chi connectivity index (χ2v) is 11.0. The van der Waals surface area contributed by atoms with E-state index in [1.807, 2.05) is 6.92 Å². The van der Waals surface area contributed by atoms with Gasteiger partial charge in [-0.1, -0.05) is 31.1 Å². The van der Waals surface area contributed by atoms with Crippen molar-refractivity contribution >= 4 is 54.4 Å². The monoisotopic (exact) mass is 450 g/mol. The lowest BCUT2D eigenvalue weighted by atomic mass is 9.73. The lowest BCUT2D eigenvalue weighted by Gasteiger charge is -2.36.